The Balaban J connectivity index is 1.48. The molecule has 1 saturated heterocycles. The van der Waals surface area contributed by atoms with E-state index in [4.69, 9.17) is 0 Å². The molecule has 0 saturated carbocycles. The van der Waals surface area contributed by atoms with Crippen LogP contribution < -0.4 is 0 Å². The van der Waals surface area contributed by atoms with E-state index in [1.165, 1.54) is 6.33 Å². The second kappa shape index (κ2) is 6.80. The Morgan fingerprint density at radius 3 is 2.92 bits per heavy atom. The van der Waals surface area contributed by atoms with Crippen LogP contribution in [-0.4, -0.2) is 58.4 Å². The van der Waals surface area contributed by atoms with Crippen molar-refractivity contribution in [1.82, 2.24) is 39.9 Å². The Kier molecular flexibility index (Phi) is 4.19. The Labute approximate surface area is 144 Å². The Morgan fingerprint density at radius 2 is 2.12 bits per heavy atom. The molecule has 9 nitrogen and oxygen atoms in total. The summed E-state index contributed by atoms with van der Waals surface area (Å²) < 4.78 is 3.32. The van der Waals surface area contributed by atoms with Crippen molar-refractivity contribution in [2.24, 2.45) is 0 Å². The zero-order chi connectivity index (χ0) is 17.1. The summed E-state index contributed by atoms with van der Waals surface area (Å²) in [7, 11) is 0. The zero-order valence-electron chi connectivity index (χ0n) is 13.6. The summed E-state index contributed by atoms with van der Waals surface area (Å²) in [5.74, 6) is 0.619. The molecule has 1 amide bonds. The van der Waals surface area contributed by atoms with Gasteiger partial charge in [-0.1, -0.05) is 30.3 Å². The average molecular weight is 338 g/mol. The lowest BCUT2D eigenvalue weighted by Gasteiger charge is -2.24. The quantitative estimate of drug-likeness (QED) is 0.677. The van der Waals surface area contributed by atoms with Gasteiger partial charge in [-0.3, -0.25) is 9.48 Å². The van der Waals surface area contributed by atoms with Crippen LogP contribution in [0.2, 0.25) is 0 Å². The number of benzene rings is 1. The normalized spacial score (nSPS) is 17.1. The molecule has 1 atom stereocenters. The first-order chi connectivity index (χ1) is 12.3. The average Bonchev–Trinajstić information content (AvgIpc) is 3.38. The highest BCUT2D eigenvalue weighted by atomic mass is 16.2. The SMILES string of the molecule is O=C(Cn1nnnc1-c1ccccc1)N1CCCC1Cn1cncn1. The van der Waals surface area contributed by atoms with Crippen molar-refractivity contribution in [1.29, 1.82) is 0 Å². The monoisotopic (exact) mass is 338 g/mol. The molecule has 1 fully saturated rings. The fourth-order valence-corrected chi connectivity index (χ4v) is 3.22. The van der Waals surface area contributed by atoms with Crippen molar-refractivity contribution in [2.75, 3.05) is 6.54 Å². The van der Waals surface area contributed by atoms with Gasteiger partial charge in [0.05, 0.1) is 12.6 Å². The van der Waals surface area contributed by atoms with Crippen molar-refractivity contribution in [3.8, 4) is 11.4 Å². The van der Waals surface area contributed by atoms with E-state index in [1.807, 2.05) is 35.2 Å². The highest BCUT2D eigenvalue weighted by Gasteiger charge is 2.29. The first kappa shape index (κ1) is 15.4. The molecule has 3 aromatic rings. The number of carbonyl (C=O) groups excluding carboxylic acids is 1. The standard InChI is InChI=1S/C16H18N8O/c25-15(23-8-4-7-14(23)9-22-12-17-11-18-22)10-24-16(19-20-21-24)13-5-2-1-3-6-13/h1-3,5-6,11-12,14H,4,7-10H2. The van der Waals surface area contributed by atoms with E-state index in [9.17, 15) is 4.79 Å². The zero-order valence-corrected chi connectivity index (χ0v) is 13.6. The van der Waals surface area contributed by atoms with Crippen LogP contribution in [0, 0.1) is 0 Å². The molecule has 2 aromatic heterocycles. The molecule has 0 radical (unpaired) electrons. The van der Waals surface area contributed by atoms with Gasteiger partial charge in [0, 0.05) is 12.1 Å². The van der Waals surface area contributed by atoms with Gasteiger partial charge < -0.3 is 4.90 Å². The van der Waals surface area contributed by atoms with Gasteiger partial charge in [0.15, 0.2) is 5.82 Å². The summed E-state index contributed by atoms with van der Waals surface area (Å²) in [5, 5.41) is 15.9. The number of aromatic nitrogens is 7. The molecular formula is C16H18N8O. The molecule has 1 aliphatic heterocycles. The van der Waals surface area contributed by atoms with Crippen LogP contribution in [0.15, 0.2) is 43.0 Å². The maximum atomic E-state index is 12.8. The smallest absolute Gasteiger partial charge is 0.244 e. The van der Waals surface area contributed by atoms with Crippen LogP contribution in [0.25, 0.3) is 11.4 Å². The highest BCUT2D eigenvalue weighted by Crippen LogP contribution is 2.20. The van der Waals surface area contributed by atoms with Gasteiger partial charge in [0.1, 0.15) is 19.2 Å². The third-order valence-electron chi connectivity index (χ3n) is 4.41. The van der Waals surface area contributed by atoms with Crippen molar-refractivity contribution in [2.45, 2.75) is 32.0 Å². The molecule has 0 N–H and O–H groups in total. The topological polar surface area (TPSA) is 94.6 Å². The molecule has 0 aliphatic carbocycles. The van der Waals surface area contributed by atoms with Crippen molar-refractivity contribution >= 4 is 5.91 Å². The summed E-state index contributed by atoms with van der Waals surface area (Å²) in [6, 6.07) is 9.76. The van der Waals surface area contributed by atoms with E-state index in [-0.39, 0.29) is 18.5 Å². The molecule has 4 rings (SSSR count). The number of nitrogens with zero attached hydrogens (tertiary/aromatic N) is 8. The number of hydrogen-bond acceptors (Lipinski definition) is 6. The molecule has 0 spiro atoms. The lowest BCUT2D eigenvalue weighted by molar-refractivity contribution is -0.133. The van der Waals surface area contributed by atoms with Crippen LogP contribution in [0.5, 0.6) is 0 Å². The van der Waals surface area contributed by atoms with Crippen LogP contribution in [0.3, 0.4) is 0 Å². The maximum Gasteiger partial charge on any atom is 0.244 e. The van der Waals surface area contributed by atoms with Gasteiger partial charge >= 0.3 is 0 Å². The van der Waals surface area contributed by atoms with E-state index >= 15 is 0 Å². The van der Waals surface area contributed by atoms with Gasteiger partial charge in [0.25, 0.3) is 0 Å². The molecule has 128 valence electrons. The predicted octanol–water partition coefficient (Wildman–Crippen LogP) is 0.623. The summed E-state index contributed by atoms with van der Waals surface area (Å²) in [6.07, 6.45) is 5.14. The van der Waals surface area contributed by atoms with Gasteiger partial charge in [0.2, 0.25) is 5.91 Å². The largest absolute Gasteiger partial charge is 0.336 e. The fourth-order valence-electron chi connectivity index (χ4n) is 3.22. The van der Waals surface area contributed by atoms with Gasteiger partial charge in [-0.2, -0.15) is 5.10 Å². The summed E-state index contributed by atoms with van der Waals surface area (Å²) >= 11 is 0. The van der Waals surface area contributed by atoms with E-state index in [1.54, 1.807) is 15.7 Å². The molecule has 0 bridgehead atoms. The second-order valence-corrected chi connectivity index (χ2v) is 6.03. The lowest BCUT2D eigenvalue weighted by atomic mass is 10.2. The minimum Gasteiger partial charge on any atom is -0.336 e. The number of likely N-dealkylation sites (tertiary alicyclic amines) is 1. The molecule has 1 unspecified atom stereocenters. The molecule has 1 aromatic carbocycles. The van der Waals surface area contributed by atoms with Crippen molar-refractivity contribution in [3.05, 3.63) is 43.0 Å². The first-order valence-corrected chi connectivity index (χ1v) is 8.25. The molecule has 1 aliphatic rings. The Hall–Kier alpha value is -3.10. The minimum absolute atomic E-state index is 0.0205. The summed E-state index contributed by atoms with van der Waals surface area (Å²) in [4.78, 5) is 18.7. The highest BCUT2D eigenvalue weighted by molar-refractivity contribution is 5.77. The van der Waals surface area contributed by atoms with Crippen LogP contribution in [0.1, 0.15) is 12.8 Å². The summed E-state index contributed by atoms with van der Waals surface area (Å²) in [6.45, 7) is 1.54. The summed E-state index contributed by atoms with van der Waals surface area (Å²) in [5.41, 5.74) is 0.890. The van der Waals surface area contributed by atoms with E-state index in [2.05, 4.69) is 25.6 Å². The van der Waals surface area contributed by atoms with Crippen LogP contribution >= 0.6 is 0 Å². The number of rotatable bonds is 5. The number of hydrogen-bond donors (Lipinski definition) is 0. The van der Waals surface area contributed by atoms with E-state index in [0.29, 0.717) is 12.4 Å². The maximum absolute atomic E-state index is 12.8. The van der Waals surface area contributed by atoms with E-state index < -0.39 is 0 Å². The lowest BCUT2D eigenvalue weighted by Crippen LogP contribution is -2.40. The van der Waals surface area contributed by atoms with Crippen molar-refractivity contribution < 1.29 is 4.79 Å². The van der Waals surface area contributed by atoms with Crippen LogP contribution in [0.4, 0.5) is 0 Å². The van der Waals surface area contributed by atoms with E-state index in [0.717, 1.165) is 24.9 Å². The number of amides is 1. The Morgan fingerprint density at radius 1 is 1.24 bits per heavy atom. The Bertz CT molecular complexity index is 829. The molecule has 3 heterocycles. The first-order valence-electron chi connectivity index (χ1n) is 8.25. The molecule has 9 heteroatoms. The second-order valence-electron chi connectivity index (χ2n) is 6.03. The van der Waals surface area contributed by atoms with Crippen molar-refractivity contribution in [3.63, 3.8) is 0 Å². The predicted molar refractivity (Wildman–Crippen MR) is 88.0 cm³/mol. The van der Waals surface area contributed by atoms with Crippen LogP contribution in [-0.2, 0) is 17.9 Å². The minimum atomic E-state index is 0.0205. The molecular weight excluding hydrogens is 320 g/mol. The third kappa shape index (κ3) is 3.25. The van der Waals surface area contributed by atoms with Gasteiger partial charge in [-0.15, -0.1) is 5.10 Å². The molecule has 25 heavy (non-hydrogen) atoms. The fraction of sp³-hybridized carbons (Fsp3) is 0.375. The third-order valence-corrected chi connectivity index (χ3v) is 4.41. The van der Waals surface area contributed by atoms with Gasteiger partial charge in [-0.05, 0) is 23.3 Å². The number of carbonyl (C=O) groups is 1. The van der Waals surface area contributed by atoms with Gasteiger partial charge in [-0.25, -0.2) is 9.67 Å². The number of tetrazole rings is 1.